The van der Waals surface area contributed by atoms with Crippen molar-refractivity contribution < 1.29 is 0 Å². The lowest BCUT2D eigenvalue weighted by Gasteiger charge is -2.27. The highest BCUT2D eigenvalue weighted by Gasteiger charge is 2.21. The van der Waals surface area contributed by atoms with Crippen LogP contribution >= 0.6 is 23.4 Å². The molecule has 0 spiro atoms. The summed E-state index contributed by atoms with van der Waals surface area (Å²) in [6.07, 6.45) is 1.25. The second-order valence-electron chi connectivity index (χ2n) is 4.12. The van der Waals surface area contributed by atoms with E-state index in [4.69, 9.17) is 17.3 Å². The summed E-state index contributed by atoms with van der Waals surface area (Å²) in [5, 5.41) is 0.808. The summed E-state index contributed by atoms with van der Waals surface area (Å²) >= 11 is 8.29. The van der Waals surface area contributed by atoms with E-state index in [9.17, 15) is 0 Å². The Morgan fingerprint density at radius 3 is 2.94 bits per heavy atom. The molecule has 1 aliphatic rings. The van der Waals surface area contributed by atoms with Crippen molar-refractivity contribution in [2.24, 2.45) is 5.73 Å². The molecule has 2 N–H and O–H groups in total. The van der Waals surface area contributed by atoms with Gasteiger partial charge in [0, 0.05) is 25.4 Å². The molecule has 1 atom stereocenters. The van der Waals surface area contributed by atoms with Gasteiger partial charge in [0.1, 0.15) is 0 Å². The third-order valence-electron chi connectivity index (χ3n) is 3.08. The lowest BCUT2D eigenvalue weighted by atomic mass is 10.1. The van der Waals surface area contributed by atoms with Crippen LogP contribution in [0.3, 0.4) is 0 Å². The van der Waals surface area contributed by atoms with Gasteiger partial charge in [0.05, 0.1) is 10.7 Å². The minimum absolute atomic E-state index is 0.545. The molecule has 1 aliphatic heterocycles. The molecule has 1 unspecified atom stereocenters. The van der Waals surface area contributed by atoms with Crippen LogP contribution in [0.5, 0.6) is 0 Å². The summed E-state index contributed by atoms with van der Waals surface area (Å²) in [6.45, 7) is 0.545. The summed E-state index contributed by atoms with van der Waals surface area (Å²) in [7, 11) is 2.12. The number of rotatable bonds is 3. The molecule has 4 heteroatoms. The topological polar surface area (TPSA) is 29.3 Å². The van der Waals surface area contributed by atoms with E-state index in [0.29, 0.717) is 12.6 Å². The van der Waals surface area contributed by atoms with Crippen LogP contribution in [0.4, 0.5) is 5.69 Å². The summed E-state index contributed by atoms with van der Waals surface area (Å²) in [5.74, 6) is 2.46. The van der Waals surface area contributed by atoms with Gasteiger partial charge >= 0.3 is 0 Å². The second kappa shape index (κ2) is 5.30. The van der Waals surface area contributed by atoms with Crippen LogP contribution in [-0.2, 0) is 6.54 Å². The quantitative estimate of drug-likeness (QED) is 0.902. The van der Waals surface area contributed by atoms with Gasteiger partial charge in [0.25, 0.3) is 0 Å². The van der Waals surface area contributed by atoms with E-state index < -0.39 is 0 Å². The van der Waals surface area contributed by atoms with Gasteiger partial charge in [0.15, 0.2) is 0 Å². The Balaban J connectivity index is 2.19. The van der Waals surface area contributed by atoms with Gasteiger partial charge in [0.2, 0.25) is 0 Å². The summed E-state index contributed by atoms with van der Waals surface area (Å²) in [5.41, 5.74) is 7.79. The first kappa shape index (κ1) is 12.1. The molecular weight excluding hydrogens is 240 g/mol. The lowest BCUT2D eigenvalue weighted by molar-refractivity contribution is 0.700. The highest BCUT2D eigenvalue weighted by atomic mass is 35.5. The van der Waals surface area contributed by atoms with Crippen molar-refractivity contribution in [3.05, 3.63) is 28.8 Å². The molecule has 1 fully saturated rings. The first-order valence-electron chi connectivity index (χ1n) is 5.51. The average Bonchev–Trinajstić information content (AvgIpc) is 2.81. The largest absolute Gasteiger partial charge is 0.370 e. The van der Waals surface area contributed by atoms with Crippen molar-refractivity contribution in [2.75, 3.05) is 23.5 Å². The Labute approximate surface area is 106 Å². The number of hydrogen-bond donors (Lipinski definition) is 1. The Hall–Kier alpha value is -0.380. The highest BCUT2D eigenvalue weighted by molar-refractivity contribution is 7.99. The zero-order valence-corrected chi connectivity index (χ0v) is 11.0. The van der Waals surface area contributed by atoms with Crippen LogP contribution in [0.1, 0.15) is 12.0 Å². The van der Waals surface area contributed by atoms with Crippen molar-refractivity contribution in [2.45, 2.75) is 19.0 Å². The molecule has 0 aromatic heterocycles. The van der Waals surface area contributed by atoms with E-state index >= 15 is 0 Å². The molecule has 16 heavy (non-hydrogen) atoms. The molecule has 1 saturated heterocycles. The highest BCUT2D eigenvalue weighted by Crippen LogP contribution is 2.31. The molecule has 1 aromatic carbocycles. The maximum absolute atomic E-state index is 6.28. The van der Waals surface area contributed by atoms with Crippen LogP contribution in [0.25, 0.3) is 0 Å². The maximum Gasteiger partial charge on any atom is 0.0642 e. The van der Waals surface area contributed by atoms with E-state index in [0.717, 1.165) is 16.3 Å². The number of nitrogens with zero attached hydrogens (tertiary/aromatic N) is 1. The normalized spacial score (nSPS) is 20.1. The maximum atomic E-state index is 6.28. The summed E-state index contributed by atoms with van der Waals surface area (Å²) in [4.78, 5) is 2.29. The monoisotopic (exact) mass is 256 g/mol. The first-order valence-corrected chi connectivity index (χ1v) is 7.04. The average molecular weight is 257 g/mol. The van der Waals surface area contributed by atoms with Gasteiger partial charge in [-0.15, -0.1) is 0 Å². The summed E-state index contributed by atoms with van der Waals surface area (Å²) in [6, 6.07) is 6.72. The molecule has 0 bridgehead atoms. The van der Waals surface area contributed by atoms with Gasteiger partial charge in [-0.05, 0) is 29.9 Å². The molecule has 2 rings (SSSR count). The fourth-order valence-electron chi connectivity index (χ4n) is 1.99. The van der Waals surface area contributed by atoms with Gasteiger partial charge in [-0.1, -0.05) is 17.7 Å². The van der Waals surface area contributed by atoms with Crippen molar-refractivity contribution in [1.82, 2.24) is 0 Å². The van der Waals surface area contributed by atoms with E-state index in [1.54, 1.807) is 0 Å². The minimum atomic E-state index is 0.545. The Bertz CT molecular complexity index is 364. The second-order valence-corrected chi connectivity index (χ2v) is 5.68. The molecule has 2 nitrogen and oxygen atoms in total. The van der Waals surface area contributed by atoms with Crippen LogP contribution < -0.4 is 10.6 Å². The minimum Gasteiger partial charge on any atom is -0.370 e. The molecular formula is C12H17ClN2S. The summed E-state index contributed by atoms with van der Waals surface area (Å²) < 4.78 is 0. The number of hydrogen-bond acceptors (Lipinski definition) is 3. The van der Waals surface area contributed by atoms with Gasteiger partial charge in [-0.3, -0.25) is 0 Å². The number of halogens is 1. The predicted octanol–water partition coefficient (Wildman–Crippen LogP) is 2.74. The fraction of sp³-hybridized carbons (Fsp3) is 0.500. The number of benzene rings is 1. The third kappa shape index (κ3) is 2.47. The van der Waals surface area contributed by atoms with Crippen molar-refractivity contribution in [3.8, 4) is 0 Å². The third-order valence-corrected chi connectivity index (χ3v) is 4.53. The molecule has 88 valence electrons. The van der Waals surface area contributed by atoms with Crippen LogP contribution in [0, 0.1) is 0 Å². The van der Waals surface area contributed by atoms with E-state index in [1.165, 1.54) is 17.9 Å². The van der Waals surface area contributed by atoms with Crippen molar-refractivity contribution >= 4 is 29.1 Å². The molecule has 0 radical (unpaired) electrons. The van der Waals surface area contributed by atoms with Crippen LogP contribution in [0.15, 0.2) is 18.2 Å². The van der Waals surface area contributed by atoms with E-state index in [2.05, 4.69) is 24.1 Å². The SMILES string of the molecule is CN(c1ccc(CN)cc1Cl)C1CCSC1. The molecule has 0 saturated carbocycles. The molecule has 0 amide bonds. The Kier molecular flexibility index (Phi) is 4.00. The van der Waals surface area contributed by atoms with Gasteiger partial charge in [-0.2, -0.15) is 11.8 Å². The molecule has 1 aromatic rings. The smallest absolute Gasteiger partial charge is 0.0642 e. The van der Waals surface area contributed by atoms with Gasteiger partial charge in [-0.25, -0.2) is 0 Å². The van der Waals surface area contributed by atoms with Crippen LogP contribution in [0.2, 0.25) is 5.02 Å². The Morgan fingerprint density at radius 1 is 1.56 bits per heavy atom. The number of nitrogens with two attached hydrogens (primary N) is 1. The van der Waals surface area contributed by atoms with Gasteiger partial charge < -0.3 is 10.6 Å². The van der Waals surface area contributed by atoms with Crippen molar-refractivity contribution in [1.29, 1.82) is 0 Å². The fourth-order valence-corrected chi connectivity index (χ4v) is 3.59. The zero-order chi connectivity index (χ0) is 11.5. The Morgan fingerprint density at radius 2 is 2.38 bits per heavy atom. The van der Waals surface area contributed by atoms with Crippen molar-refractivity contribution in [3.63, 3.8) is 0 Å². The molecule has 0 aliphatic carbocycles. The standard InChI is InChI=1S/C12H17ClN2S/c1-15(10-4-5-16-8-10)12-3-2-9(7-14)6-11(12)13/h2-3,6,10H,4-5,7-8,14H2,1H3. The van der Waals surface area contributed by atoms with Crippen LogP contribution in [-0.4, -0.2) is 24.6 Å². The van der Waals surface area contributed by atoms with E-state index in [-0.39, 0.29) is 0 Å². The molecule has 1 heterocycles. The number of anilines is 1. The lowest BCUT2D eigenvalue weighted by Crippen LogP contribution is -2.31. The van der Waals surface area contributed by atoms with E-state index in [1.807, 2.05) is 17.8 Å². The number of thioether (sulfide) groups is 1. The first-order chi connectivity index (χ1) is 7.72. The zero-order valence-electron chi connectivity index (χ0n) is 9.45. The predicted molar refractivity (Wildman–Crippen MR) is 73.5 cm³/mol.